The van der Waals surface area contributed by atoms with E-state index in [-0.39, 0.29) is 5.97 Å². The van der Waals surface area contributed by atoms with Crippen LogP contribution in [-0.2, 0) is 4.74 Å². The molecule has 2 rings (SSSR count). The van der Waals surface area contributed by atoms with Crippen LogP contribution in [0.5, 0.6) is 0 Å². The summed E-state index contributed by atoms with van der Waals surface area (Å²) in [6.45, 7) is 0. The van der Waals surface area contributed by atoms with E-state index in [2.05, 4.69) is 4.74 Å². The first-order chi connectivity index (χ1) is 9.10. The van der Waals surface area contributed by atoms with Crippen LogP contribution in [0.25, 0.3) is 0 Å². The maximum atomic E-state index is 11.3. The second kappa shape index (κ2) is 5.99. The van der Waals surface area contributed by atoms with Crippen LogP contribution in [-0.4, -0.2) is 13.1 Å². The van der Waals surface area contributed by atoms with Crippen molar-refractivity contribution in [3.05, 3.63) is 53.1 Å². The van der Waals surface area contributed by atoms with E-state index in [9.17, 15) is 4.79 Å². The smallest absolute Gasteiger partial charge is 0.337 e. The maximum Gasteiger partial charge on any atom is 0.337 e. The highest BCUT2D eigenvalue weighted by Crippen LogP contribution is 2.31. The molecule has 3 nitrogen and oxygen atoms in total. The molecule has 2 aromatic carbocycles. The first-order valence-corrected chi connectivity index (χ1v) is 6.71. The van der Waals surface area contributed by atoms with Crippen LogP contribution >= 0.6 is 23.4 Å². The highest BCUT2D eigenvalue weighted by Gasteiger charge is 2.05. The van der Waals surface area contributed by atoms with Crippen LogP contribution in [0, 0.1) is 0 Å². The Kier molecular flexibility index (Phi) is 4.35. The Hall–Kier alpha value is -1.65. The fraction of sp³-hybridized carbons (Fsp3) is 0.0714. The number of esters is 1. The largest absolute Gasteiger partial charge is 0.465 e. The summed E-state index contributed by atoms with van der Waals surface area (Å²) >= 11 is 7.51. The molecule has 0 heterocycles. The van der Waals surface area contributed by atoms with Crippen molar-refractivity contribution in [2.75, 3.05) is 12.8 Å². The molecule has 0 aliphatic heterocycles. The minimum Gasteiger partial charge on any atom is -0.465 e. The minimum atomic E-state index is -0.341. The van der Waals surface area contributed by atoms with Crippen molar-refractivity contribution in [2.45, 2.75) is 9.79 Å². The quantitative estimate of drug-likeness (QED) is 0.689. The fourth-order valence-corrected chi connectivity index (χ4v) is 2.59. The monoisotopic (exact) mass is 293 g/mol. The average Bonchev–Trinajstić information content (AvgIpc) is 2.43. The van der Waals surface area contributed by atoms with Crippen molar-refractivity contribution in [1.82, 2.24) is 0 Å². The number of hydrogen-bond acceptors (Lipinski definition) is 4. The predicted octanol–water partition coefficient (Wildman–Crippen LogP) is 3.86. The number of carbonyl (C=O) groups excluding carboxylic acids is 1. The predicted molar refractivity (Wildman–Crippen MR) is 77.8 cm³/mol. The summed E-state index contributed by atoms with van der Waals surface area (Å²) in [7, 11) is 1.36. The lowest BCUT2D eigenvalue weighted by molar-refractivity contribution is 0.0600. The van der Waals surface area contributed by atoms with E-state index in [1.54, 1.807) is 30.0 Å². The van der Waals surface area contributed by atoms with Crippen molar-refractivity contribution in [2.24, 2.45) is 0 Å². The lowest BCUT2D eigenvalue weighted by Gasteiger charge is -2.05. The lowest BCUT2D eigenvalue weighted by atomic mass is 10.2. The van der Waals surface area contributed by atoms with Crippen LogP contribution in [0.4, 0.5) is 5.69 Å². The molecule has 0 bridgehead atoms. The van der Waals surface area contributed by atoms with Crippen LogP contribution in [0.3, 0.4) is 0 Å². The molecular weight excluding hydrogens is 282 g/mol. The molecule has 2 aromatic rings. The number of hydrogen-bond donors (Lipinski definition) is 1. The summed E-state index contributed by atoms with van der Waals surface area (Å²) in [5.41, 5.74) is 6.75. The van der Waals surface area contributed by atoms with Crippen molar-refractivity contribution < 1.29 is 9.53 Å². The molecule has 0 spiro atoms. The van der Waals surface area contributed by atoms with Gasteiger partial charge in [-0.15, -0.1) is 0 Å². The Morgan fingerprint density at radius 3 is 2.37 bits per heavy atom. The van der Waals surface area contributed by atoms with E-state index in [0.29, 0.717) is 16.3 Å². The van der Waals surface area contributed by atoms with Gasteiger partial charge in [-0.05, 0) is 42.5 Å². The van der Waals surface area contributed by atoms with Gasteiger partial charge in [0.25, 0.3) is 0 Å². The zero-order chi connectivity index (χ0) is 13.8. The number of benzene rings is 2. The number of nitrogen functional groups attached to an aromatic ring is 1. The Balaban J connectivity index is 2.15. The SMILES string of the molecule is COC(=O)c1ccc(Sc2ccc(N)c(Cl)c2)cc1. The molecule has 0 aromatic heterocycles. The fourth-order valence-electron chi connectivity index (χ4n) is 1.48. The standard InChI is InChI=1S/C14H12ClNO2S/c1-18-14(17)9-2-4-10(5-3-9)19-11-6-7-13(16)12(15)8-11/h2-8H,16H2,1H3. The lowest BCUT2D eigenvalue weighted by Crippen LogP contribution is -2.00. The summed E-state index contributed by atoms with van der Waals surface area (Å²) in [5.74, 6) is -0.341. The number of anilines is 1. The Morgan fingerprint density at radius 1 is 1.16 bits per heavy atom. The molecule has 0 saturated carbocycles. The molecular formula is C14H12ClNO2S. The number of halogens is 1. The third-order valence-electron chi connectivity index (χ3n) is 2.48. The van der Waals surface area contributed by atoms with Gasteiger partial charge < -0.3 is 10.5 Å². The summed E-state index contributed by atoms with van der Waals surface area (Å²) in [6.07, 6.45) is 0. The van der Waals surface area contributed by atoms with Gasteiger partial charge in [-0.25, -0.2) is 4.79 Å². The van der Waals surface area contributed by atoms with Crippen molar-refractivity contribution in [3.8, 4) is 0 Å². The molecule has 0 unspecified atom stereocenters. The summed E-state index contributed by atoms with van der Waals surface area (Å²) < 4.78 is 4.65. The number of carbonyl (C=O) groups is 1. The molecule has 0 aliphatic carbocycles. The highest BCUT2D eigenvalue weighted by atomic mass is 35.5. The first kappa shape index (κ1) is 13.8. The summed E-state index contributed by atoms with van der Waals surface area (Å²) in [5, 5.41) is 0.538. The molecule has 0 atom stereocenters. The van der Waals surface area contributed by atoms with Crippen molar-refractivity contribution in [3.63, 3.8) is 0 Å². The Bertz CT molecular complexity index is 599. The molecule has 0 fully saturated rings. The number of rotatable bonds is 3. The van der Waals surface area contributed by atoms with E-state index in [1.165, 1.54) is 7.11 Å². The summed E-state index contributed by atoms with van der Waals surface area (Å²) in [6, 6.07) is 12.7. The minimum absolute atomic E-state index is 0.341. The molecule has 2 N–H and O–H groups in total. The number of methoxy groups -OCH3 is 1. The zero-order valence-corrected chi connectivity index (χ0v) is 11.8. The molecule has 5 heteroatoms. The van der Waals surface area contributed by atoms with E-state index >= 15 is 0 Å². The van der Waals surface area contributed by atoms with Gasteiger partial charge in [-0.3, -0.25) is 0 Å². The average molecular weight is 294 g/mol. The van der Waals surface area contributed by atoms with Crippen LogP contribution in [0.15, 0.2) is 52.3 Å². The van der Waals surface area contributed by atoms with Gasteiger partial charge in [-0.2, -0.15) is 0 Å². The second-order valence-corrected chi connectivity index (χ2v) is 5.36. The first-order valence-electron chi connectivity index (χ1n) is 5.51. The van der Waals surface area contributed by atoms with Gasteiger partial charge in [0.2, 0.25) is 0 Å². The molecule has 0 radical (unpaired) electrons. The van der Waals surface area contributed by atoms with Gasteiger partial charge in [0.15, 0.2) is 0 Å². The Morgan fingerprint density at radius 2 is 1.79 bits per heavy atom. The molecule has 98 valence electrons. The topological polar surface area (TPSA) is 52.3 Å². The molecule has 0 amide bonds. The van der Waals surface area contributed by atoms with Crippen molar-refractivity contribution in [1.29, 1.82) is 0 Å². The van der Waals surface area contributed by atoms with E-state index in [4.69, 9.17) is 17.3 Å². The van der Waals surface area contributed by atoms with Crippen LogP contribution in [0.1, 0.15) is 10.4 Å². The third-order valence-corrected chi connectivity index (χ3v) is 3.81. The molecule has 0 aliphatic rings. The van der Waals surface area contributed by atoms with Gasteiger partial charge in [0.1, 0.15) is 0 Å². The van der Waals surface area contributed by atoms with E-state index in [1.807, 2.05) is 24.3 Å². The number of ether oxygens (including phenoxy) is 1. The molecule has 0 saturated heterocycles. The van der Waals surface area contributed by atoms with Gasteiger partial charge in [0, 0.05) is 9.79 Å². The molecule has 19 heavy (non-hydrogen) atoms. The maximum absolute atomic E-state index is 11.3. The Labute approximate surface area is 120 Å². The second-order valence-electron chi connectivity index (χ2n) is 3.80. The van der Waals surface area contributed by atoms with Gasteiger partial charge >= 0.3 is 5.97 Å². The van der Waals surface area contributed by atoms with E-state index in [0.717, 1.165) is 9.79 Å². The van der Waals surface area contributed by atoms with Crippen LogP contribution in [0.2, 0.25) is 5.02 Å². The summed E-state index contributed by atoms with van der Waals surface area (Å²) in [4.78, 5) is 13.3. The van der Waals surface area contributed by atoms with Gasteiger partial charge in [0.05, 0.1) is 23.4 Å². The third kappa shape index (κ3) is 3.43. The van der Waals surface area contributed by atoms with Crippen molar-refractivity contribution >= 4 is 35.0 Å². The highest BCUT2D eigenvalue weighted by molar-refractivity contribution is 7.99. The van der Waals surface area contributed by atoms with E-state index < -0.39 is 0 Å². The zero-order valence-electron chi connectivity index (χ0n) is 10.2. The number of nitrogens with two attached hydrogens (primary N) is 1. The normalized spacial score (nSPS) is 10.2. The van der Waals surface area contributed by atoms with Gasteiger partial charge in [-0.1, -0.05) is 23.4 Å². The van der Waals surface area contributed by atoms with Crippen LogP contribution < -0.4 is 5.73 Å².